The summed E-state index contributed by atoms with van der Waals surface area (Å²) in [4.78, 5) is 12.2. The molecule has 25 heavy (non-hydrogen) atoms. The lowest BCUT2D eigenvalue weighted by Crippen LogP contribution is -2.20. The van der Waals surface area contributed by atoms with Crippen LogP contribution < -0.4 is 5.32 Å². The van der Waals surface area contributed by atoms with Crippen LogP contribution in [0.25, 0.3) is 0 Å². The summed E-state index contributed by atoms with van der Waals surface area (Å²) < 4.78 is 3.32. The van der Waals surface area contributed by atoms with E-state index in [9.17, 15) is 4.79 Å². The SMILES string of the molecule is Cc1nn(CC(=O)Nc2ccn(Cc3cccc(Cl)c3)n2)c(C)c1Cl. The van der Waals surface area contributed by atoms with Crippen molar-refractivity contribution < 1.29 is 4.79 Å². The molecule has 0 atom stereocenters. The highest BCUT2D eigenvalue weighted by Gasteiger charge is 2.13. The Balaban J connectivity index is 1.62. The summed E-state index contributed by atoms with van der Waals surface area (Å²) >= 11 is 12.1. The summed E-state index contributed by atoms with van der Waals surface area (Å²) in [7, 11) is 0. The molecular formula is C17H17Cl2N5O. The lowest BCUT2D eigenvalue weighted by atomic mass is 10.2. The highest BCUT2D eigenvalue weighted by atomic mass is 35.5. The van der Waals surface area contributed by atoms with Gasteiger partial charge in [-0.3, -0.25) is 14.2 Å². The molecule has 0 saturated heterocycles. The van der Waals surface area contributed by atoms with E-state index in [1.54, 1.807) is 28.6 Å². The Labute approximate surface area is 155 Å². The first-order chi connectivity index (χ1) is 11.9. The minimum Gasteiger partial charge on any atom is -0.308 e. The maximum Gasteiger partial charge on any atom is 0.247 e. The molecular weight excluding hydrogens is 361 g/mol. The fourth-order valence-electron chi connectivity index (χ4n) is 2.49. The number of rotatable bonds is 5. The molecule has 0 bridgehead atoms. The molecule has 0 saturated carbocycles. The van der Waals surface area contributed by atoms with Crippen LogP contribution in [0, 0.1) is 13.8 Å². The van der Waals surface area contributed by atoms with Crippen molar-refractivity contribution in [1.29, 1.82) is 0 Å². The van der Waals surface area contributed by atoms with Gasteiger partial charge in [-0.15, -0.1) is 0 Å². The van der Waals surface area contributed by atoms with E-state index in [2.05, 4.69) is 15.5 Å². The fourth-order valence-corrected chi connectivity index (χ4v) is 2.83. The molecule has 0 aliphatic carbocycles. The van der Waals surface area contributed by atoms with E-state index in [-0.39, 0.29) is 12.5 Å². The summed E-state index contributed by atoms with van der Waals surface area (Å²) in [6, 6.07) is 9.32. The third kappa shape index (κ3) is 4.21. The molecule has 130 valence electrons. The average Bonchev–Trinajstić information content (AvgIpc) is 3.08. The van der Waals surface area contributed by atoms with Crippen molar-refractivity contribution in [2.45, 2.75) is 26.9 Å². The summed E-state index contributed by atoms with van der Waals surface area (Å²) in [5, 5.41) is 12.6. The van der Waals surface area contributed by atoms with Crippen molar-refractivity contribution in [3.05, 3.63) is 63.5 Å². The highest BCUT2D eigenvalue weighted by molar-refractivity contribution is 6.31. The number of amides is 1. The monoisotopic (exact) mass is 377 g/mol. The molecule has 0 radical (unpaired) electrons. The van der Waals surface area contributed by atoms with Crippen molar-refractivity contribution in [3.8, 4) is 0 Å². The van der Waals surface area contributed by atoms with Gasteiger partial charge < -0.3 is 5.32 Å². The molecule has 0 aliphatic heterocycles. The Morgan fingerprint density at radius 2 is 2.00 bits per heavy atom. The molecule has 0 spiro atoms. The van der Waals surface area contributed by atoms with Crippen LogP contribution in [0.1, 0.15) is 17.0 Å². The number of hydrogen-bond acceptors (Lipinski definition) is 3. The van der Waals surface area contributed by atoms with Gasteiger partial charge in [0.2, 0.25) is 5.91 Å². The van der Waals surface area contributed by atoms with Gasteiger partial charge in [-0.2, -0.15) is 10.2 Å². The predicted molar refractivity (Wildman–Crippen MR) is 98.1 cm³/mol. The number of hydrogen-bond donors (Lipinski definition) is 1. The molecule has 0 unspecified atom stereocenters. The Bertz CT molecular complexity index is 916. The molecule has 0 fully saturated rings. The third-order valence-corrected chi connectivity index (χ3v) is 4.51. The van der Waals surface area contributed by atoms with Gasteiger partial charge in [0.25, 0.3) is 0 Å². The van der Waals surface area contributed by atoms with E-state index in [0.717, 1.165) is 11.3 Å². The van der Waals surface area contributed by atoms with Gasteiger partial charge in [0.15, 0.2) is 5.82 Å². The lowest BCUT2D eigenvalue weighted by molar-refractivity contribution is -0.117. The van der Waals surface area contributed by atoms with Gasteiger partial charge in [-0.25, -0.2) is 0 Å². The number of halogens is 2. The van der Waals surface area contributed by atoms with E-state index in [1.165, 1.54) is 0 Å². The van der Waals surface area contributed by atoms with Crippen molar-refractivity contribution in [3.63, 3.8) is 0 Å². The first kappa shape index (κ1) is 17.5. The van der Waals surface area contributed by atoms with E-state index in [0.29, 0.717) is 28.1 Å². The molecule has 2 aromatic heterocycles. The van der Waals surface area contributed by atoms with Crippen LogP contribution in [0.4, 0.5) is 5.82 Å². The Morgan fingerprint density at radius 3 is 2.68 bits per heavy atom. The van der Waals surface area contributed by atoms with Gasteiger partial charge in [0.05, 0.1) is 23.0 Å². The fraction of sp³-hybridized carbons (Fsp3) is 0.235. The third-order valence-electron chi connectivity index (χ3n) is 3.73. The molecule has 8 heteroatoms. The van der Waals surface area contributed by atoms with Crippen molar-refractivity contribution in [2.24, 2.45) is 0 Å². The van der Waals surface area contributed by atoms with Crippen LogP contribution in [-0.4, -0.2) is 25.5 Å². The van der Waals surface area contributed by atoms with Crippen LogP contribution in [0.15, 0.2) is 36.5 Å². The molecule has 2 heterocycles. The second kappa shape index (κ2) is 7.29. The van der Waals surface area contributed by atoms with Gasteiger partial charge >= 0.3 is 0 Å². The number of aryl methyl sites for hydroxylation is 1. The topological polar surface area (TPSA) is 64.7 Å². The maximum absolute atomic E-state index is 12.2. The average molecular weight is 378 g/mol. The van der Waals surface area contributed by atoms with Crippen molar-refractivity contribution in [1.82, 2.24) is 19.6 Å². The lowest BCUT2D eigenvalue weighted by Gasteiger charge is -2.05. The quantitative estimate of drug-likeness (QED) is 0.737. The zero-order valence-electron chi connectivity index (χ0n) is 13.8. The summed E-state index contributed by atoms with van der Waals surface area (Å²) in [6.45, 7) is 4.29. The Kier molecular flexibility index (Phi) is 5.11. The molecule has 3 rings (SSSR count). The van der Waals surface area contributed by atoms with Gasteiger partial charge in [0.1, 0.15) is 6.54 Å². The number of carbonyl (C=O) groups is 1. The van der Waals surface area contributed by atoms with E-state index in [4.69, 9.17) is 23.2 Å². The summed E-state index contributed by atoms with van der Waals surface area (Å²) in [5.41, 5.74) is 2.50. The second-order valence-electron chi connectivity index (χ2n) is 5.72. The van der Waals surface area contributed by atoms with E-state index in [1.807, 2.05) is 31.2 Å². The van der Waals surface area contributed by atoms with E-state index < -0.39 is 0 Å². The minimum atomic E-state index is -0.213. The van der Waals surface area contributed by atoms with E-state index >= 15 is 0 Å². The zero-order valence-corrected chi connectivity index (χ0v) is 15.3. The Hall–Kier alpha value is -2.31. The van der Waals surface area contributed by atoms with Crippen LogP contribution in [0.5, 0.6) is 0 Å². The number of aromatic nitrogens is 4. The smallest absolute Gasteiger partial charge is 0.247 e. The van der Waals surface area contributed by atoms with Crippen molar-refractivity contribution in [2.75, 3.05) is 5.32 Å². The normalized spacial score (nSPS) is 10.9. The maximum atomic E-state index is 12.2. The van der Waals surface area contributed by atoms with Crippen LogP contribution >= 0.6 is 23.2 Å². The molecule has 6 nitrogen and oxygen atoms in total. The van der Waals surface area contributed by atoms with Gasteiger partial charge in [-0.05, 0) is 31.5 Å². The molecule has 1 N–H and O–H groups in total. The number of nitrogens with one attached hydrogen (secondary N) is 1. The standard InChI is InChI=1S/C17H17Cl2N5O/c1-11-17(19)12(2)24(21-11)10-16(25)20-15-6-7-23(22-15)9-13-4-3-5-14(18)8-13/h3-8H,9-10H2,1-2H3,(H,20,22,25). The summed E-state index contributed by atoms with van der Waals surface area (Å²) in [6.07, 6.45) is 1.80. The predicted octanol–water partition coefficient (Wildman–Crippen LogP) is 3.69. The van der Waals surface area contributed by atoms with Gasteiger partial charge in [-0.1, -0.05) is 35.3 Å². The van der Waals surface area contributed by atoms with Crippen LogP contribution in [-0.2, 0) is 17.9 Å². The highest BCUT2D eigenvalue weighted by Crippen LogP contribution is 2.19. The Morgan fingerprint density at radius 1 is 1.20 bits per heavy atom. The first-order valence-electron chi connectivity index (χ1n) is 7.69. The van der Waals surface area contributed by atoms with Crippen LogP contribution in [0.2, 0.25) is 10.0 Å². The van der Waals surface area contributed by atoms with Crippen molar-refractivity contribution >= 4 is 34.9 Å². The summed E-state index contributed by atoms with van der Waals surface area (Å²) in [5.74, 6) is 0.273. The van der Waals surface area contributed by atoms with Gasteiger partial charge in [0, 0.05) is 17.3 Å². The first-order valence-corrected chi connectivity index (χ1v) is 8.45. The molecule has 0 aliphatic rings. The molecule has 1 aromatic carbocycles. The second-order valence-corrected chi connectivity index (χ2v) is 6.53. The molecule has 3 aromatic rings. The molecule has 1 amide bonds. The number of carbonyl (C=O) groups excluding carboxylic acids is 1. The van der Waals surface area contributed by atoms with Crippen LogP contribution in [0.3, 0.4) is 0 Å². The number of nitrogens with zero attached hydrogens (tertiary/aromatic N) is 4. The minimum absolute atomic E-state index is 0.0839. The largest absolute Gasteiger partial charge is 0.308 e. The number of anilines is 1. The number of benzene rings is 1. The zero-order chi connectivity index (χ0) is 18.0.